The highest BCUT2D eigenvalue weighted by Crippen LogP contribution is 2.22. The van der Waals surface area contributed by atoms with Gasteiger partial charge in [0.1, 0.15) is 10.8 Å². The minimum atomic E-state index is 0.00295. The molecular weight excluding hydrogens is 296 g/mol. The number of carbonyl (C=O) groups excluding carboxylic acids is 2. The summed E-state index contributed by atoms with van der Waals surface area (Å²) < 4.78 is 0. The molecule has 1 amide bonds. The first-order chi connectivity index (χ1) is 10.7. The van der Waals surface area contributed by atoms with Gasteiger partial charge in [-0.3, -0.25) is 9.59 Å². The fourth-order valence-electron chi connectivity index (χ4n) is 2.26. The van der Waals surface area contributed by atoms with Crippen LogP contribution in [0.1, 0.15) is 23.2 Å². The molecular formula is C17H18N2O2S. The van der Waals surface area contributed by atoms with E-state index in [0.29, 0.717) is 31.5 Å². The van der Waals surface area contributed by atoms with Crippen LogP contribution in [-0.2, 0) is 4.79 Å². The van der Waals surface area contributed by atoms with Crippen molar-refractivity contribution in [2.75, 3.05) is 13.1 Å². The summed E-state index contributed by atoms with van der Waals surface area (Å²) in [5.41, 5.74) is 1.69. The predicted molar refractivity (Wildman–Crippen MR) is 88.9 cm³/mol. The fraction of sp³-hybridized carbons (Fsp3) is 0.235. The van der Waals surface area contributed by atoms with Gasteiger partial charge in [0.25, 0.3) is 5.91 Å². The van der Waals surface area contributed by atoms with Crippen molar-refractivity contribution in [1.29, 1.82) is 0 Å². The maximum atomic E-state index is 12.3. The summed E-state index contributed by atoms with van der Waals surface area (Å²) in [5, 5.41) is 2.88. The average molecular weight is 314 g/mol. The Hall–Kier alpha value is -2.27. The maximum absolute atomic E-state index is 12.3. The molecule has 2 heterocycles. The van der Waals surface area contributed by atoms with Crippen molar-refractivity contribution in [2.24, 2.45) is 0 Å². The fourth-order valence-corrected chi connectivity index (χ4v) is 2.91. The standard InChI is InChI=1S/C15H14N2O2S.C2H4/c18-13-5-8-17(9-6-13)15(19)12-3-1-11(2-4-12)14-16-7-10-20-14;1-2/h1-4,7,10H,5-6,8-9H2;1-2H2. The molecule has 1 fully saturated rings. The van der Waals surface area contributed by atoms with Crippen LogP contribution in [0.25, 0.3) is 10.6 Å². The van der Waals surface area contributed by atoms with E-state index in [1.165, 1.54) is 0 Å². The van der Waals surface area contributed by atoms with Gasteiger partial charge in [-0.25, -0.2) is 4.98 Å². The molecule has 3 rings (SSSR count). The van der Waals surface area contributed by atoms with E-state index in [1.807, 2.05) is 29.6 Å². The Morgan fingerprint density at radius 2 is 1.77 bits per heavy atom. The number of benzene rings is 1. The summed E-state index contributed by atoms with van der Waals surface area (Å²) in [6, 6.07) is 7.49. The Bertz CT molecular complexity index is 625. The molecule has 0 unspecified atom stereocenters. The van der Waals surface area contributed by atoms with Gasteiger partial charge in [-0.1, -0.05) is 12.1 Å². The first kappa shape index (κ1) is 16.1. The molecule has 0 N–H and O–H groups in total. The summed E-state index contributed by atoms with van der Waals surface area (Å²) in [6.45, 7) is 7.07. The molecule has 0 radical (unpaired) electrons. The number of rotatable bonds is 2. The second-order valence-electron chi connectivity index (χ2n) is 4.75. The average Bonchev–Trinajstić information content (AvgIpc) is 3.11. The van der Waals surface area contributed by atoms with E-state index in [2.05, 4.69) is 18.1 Å². The molecule has 1 aromatic carbocycles. The Kier molecular flexibility index (Phi) is 5.61. The monoisotopic (exact) mass is 314 g/mol. The molecule has 0 spiro atoms. The van der Waals surface area contributed by atoms with Crippen LogP contribution >= 0.6 is 11.3 Å². The lowest BCUT2D eigenvalue weighted by Crippen LogP contribution is -2.38. The van der Waals surface area contributed by atoms with Crippen LogP contribution in [0.4, 0.5) is 0 Å². The van der Waals surface area contributed by atoms with Gasteiger partial charge in [0, 0.05) is 48.6 Å². The van der Waals surface area contributed by atoms with Crippen molar-refractivity contribution in [3.8, 4) is 10.6 Å². The van der Waals surface area contributed by atoms with E-state index in [-0.39, 0.29) is 11.7 Å². The quantitative estimate of drug-likeness (QED) is 0.798. The molecule has 1 saturated heterocycles. The molecule has 22 heavy (non-hydrogen) atoms. The molecule has 114 valence electrons. The highest BCUT2D eigenvalue weighted by Gasteiger charge is 2.21. The Morgan fingerprint density at radius 3 is 2.32 bits per heavy atom. The Morgan fingerprint density at radius 1 is 1.14 bits per heavy atom. The van der Waals surface area contributed by atoms with Gasteiger partial charge in [0.05, 0.1) is 0 Å². The lowest BCUT2D eigenvalue weighted by molar-refractivity contribution is -0.120. The molecule has 1 aliphatic heterocycles. The van der Waals surface area contributed by atoms with E-state index < -0.39 is 0 Å². The maximum Gasteiger partial charge on any atom is 0.253 e. The van der Waals surface area contributed by atoms with E-state index in [9.17, 15) is 9.59 Å². The minimum Gasteiger partial charge on any atom is -0.338 e. The highest BCUT2D eigenvalue weighted by atomic mass is 32.1. The third kappa shape index (κ3) is 3.68. The zero-order valence-corrected chi connectivity index (χ0v) is 13.1. The first-order valence-electron chi connectivity index (χ1n) is 7.05. The number of nitrogens with zero attached hydrogens (tertiary/aromatic N) is 2. The topological polar surface area (TPSA) is 50.3 Å². The lowest BCUT2D eigenvalue weighted by atomic mass is 10.1. The molecule has 5 heteroatoms. The predicted octanol–water partition coefficient (Wildman–Crippen LogP) is 3.42. The zero-order chi connectivity index (χ0) is 15.9. The van der Waals surface area contributed by atoms with E-state index in [1.54, 1.807) is 22.4 Å². The van der Waals surface area contributed by atoms with Gasteiger partial charge in [0.15, 0.2) is 0 Å². The van der Waals surface area contributed by atoms with Crippen LogP contribution in [0.15, 0.2) is 49.0 Å². The van der Waals surface area contributed by atoms with Crippen LogP contribution in [0.2, 0.25) is 0 Å². The second-order valence-corrected chi connectivity index (χ2v) is 5.64. The smallest absolute Gasteiger partial charge is 0.253 e. The summed E-state index contributed by atoms with van der Waals surface area (Å²) in [5.74, 6) is 0.247. The van der Waals surface area contributed by atoms with Crippen molar-refractivity contribution in [3.05, 3.63) is 54.6 Å². The molecule has 0 saturated carbocycles. The number of carbonyl (C=O) groups is 2. The normalized spacial score (nSPS) is 14.2. The van der Waals surface area contributed by atoms with Crippen LogP contribution < -0.4 is 0 Å². The summed E-state index contributed by atoms with van der Waals surface area (Å²) in [7, 11) is 0. The molecule has 0 bridgehead atoms. The van der Waals surface area contributed by atoms with Crippen molar-refractivity contribution in [1.82, 2.24) is 9.88 Å². The number of Topliss-reactive ketones (excluding diaryl/α,β-unsaturated/α-hetero) is 1. The summed E-state index contributed by atoms with van der Waals surface area (Å²) >= 11 is 1.57. The largest absolute Gasteiger partial charge is 0.338 e. The Labute approximate surface area is 134 Å². The number of thiazole rings is 1. The number of ketones is 1. The second kappa shape index (κ2) is 7.66. The van der Waals surface area contributed by atoms with E-state index in [4.69, 9.17) is 0 Å². The summed E-state index contributed by atoms with van der Waals surface area (Å²) in [4.78, 5) is 29.5. The SMILES string of the molecule is C=C.O=C1CCN(C(=O)c2ccc(-c3nccs3)cc2)CC1. The number of hydrogen-bond donors (Lipinski definition) is 0. The van der Waals surface area contributed by atoms with Crippen LogP contribution in [-0.4, -0.2) is 34.7 Å². The van der Waals surface area contributed by atoms with E-state index in [0.717, 1.165) is 10.6 Å². The third-order valence-electron chi connectivity index (χ3n) is 3.42. The van der Waals surface area contributed by atoms with Crippen LogP contribution in [0.5, 0.6) is 0 Å². The number of aromatic nitrogens is 1. The Balaban J connectivity index is 0.000000847. The van der Waals surface area contributed by atoms with Crippen molar-refractivity contribution in [2.45, 2.75) is 12.8 Å². The molecule has 4 nitrogen and oxygen atoms in total. The highest BCUT2D eigenvalue weighted by molar-refractivity contribution is 7.13. The molecule has 0 atom stereocenters. The van der Waals surface area contributed by atoms with Gasteiger partial charge in [0.2, 0.25) is 0 Å². The van der Waals surface area contributed by atoms with Crippen LogP contribution in [0, 0.1) is 0 Å². The van der Waals surface area contributed by atoms with Gasteiger partial charge in [-0.05, 0) is 12.1 Å². The number of amides is 1. The lowest BCUT2D eigenvalue weighted by Gasteiger charge is -2.26. The number of piperidine rings is 1. The molecule has 1 aliphatic rings. The zero-order valence-electron chi connectivity index (χ0n) is 12.3. The molecule has 2 aromatic rings. The number of hydrogen-bond acceptors (Lipinski definition) is 4. The molecule has 0 aliphatic carbocycles. The van der Waals surface area contributed by atoms with Crippen molar-refractivity contribution < 1.29 is 9.59 Å². The van der Waals surface area contributed by atoms with Gasteiger partial charge in [-0.15, -0.1) is 24.5 Å². The first-order valence-corrected chi connectivity index (χ1v) is 7.93. The van der Waals surface area contributed by atoms with Gasteiger partial charge >= 0.3 is 0 Å². The van der Waals surface area contributed by atoms with Gasteiger partial charge < -0.3 is 4.90 Å². The van der Waals surface area contributed by atoms with Crippen molar-refractivity contribution >= 4 is 23.0 Å². The van der Waals surface area contributed by atoms with Crippen molar-refractivity contribution in [3.63, 3.8) is 0 Å². The van der Waals surface area contributed by atoms with Gasteiger partial charge in [-0.2, -0.15) is 0 Å². The summed E-state index contributed by atoms with van der Waals surface area (Å²) in [6.07, 6.45) is 2.72. The molecule has 1 aromatic heterocycles. The number of likely N-dealkylation sites (tertiary alicyclic amines) is 1. The van der Waals surface area contributed by atoms with E-state index >= 15 is 0 Å². The minimum absolute atomic E-state index is 0.00295. The third-order valence-corrected chi connectivity index (χ3v) is 4.24. The van der Waals surface area contributed by atoms with Crippen LogP contribution in [0.3, 0.4) is 0 Å².